The van der Waals surface area contributed by atoms with Crippen molar-refractivity contribution in [3.05, 3.63) is 0 Å². The van der Waals surface area contributed by atoms with E-state index in [2.05, 4.69) is 10.6 Å². The second-order valence-corrected chi connectivity index (χ2v) is 10.9. The quantitative estimate of drug-likeness (QED) is 0.319. The number of carbonyl (C=O) groups excluding carboxylic acids is 3. The molecule has 0 bridgehead atoms. The van der Waals surface area contributed by atoms with Gasteiger partial charge in [-0.2, -0.15) is 0 Å². The Morgan fingerprint density at radius 3 is 2.33 bits per heavy atom. The number of hydrogen-bond donors (Lipinski definition) is 2. The van der Waals surface area contributed by atoms with E-state index >= 15 is 0 Å². The molecule has 1 saturated heterocycles. The van der Waals surface area contributed by atoms with E-state index in [-0.39, 0.29) is 32.7 Å². The standard InChI is InChI=1S/C22H40N3O7P/c1-21(2,3)18(19(27)25-11-7-9-17(25)33-29)24-16(26)15-31-13-8-12-30-14-10-23-20(28)32-22(4,5)6/h17-18H,7-15H2,1-6H3,(H,23,28)(H,24,26). The molecule has 3 amide bonds. The van der Waals surface area contributed by atoms with Gasteiger partial charge in [0.15, 0.2) is 8.46 Å². The highest BCUT2D eigenvalue weighted by atomic mass is 31.1. The van der Waals surface area contributed by atoms with Crippen molar-refractivity contribution < 1.29 is 33.2 Å². The summed E-state index contributed by atoms with van der Waals surface area (Å²) >= 11 is 0. The number of nitrogens with one attached hydrogen (secondary N) is 2. The van der Waals surface area contributed by atoms with Crippen LogP contribution in [0.1, 0.15) is 60.8 Å². The summed E-state index contributed by atoms with van der Waals surface area (Å²) in [4.78, 5) is 38.4. The molecule has 1 heterocycles. The zero-order valence-corrected chi connectivity index (χ0v) is 21.7. The lowest BCUT2D eigenvalue weighted by molar-refractivity contribution is -0.140. The van der Waals surface area contributed by atoms with Crippen molar-refractivity contribution in [2.45, 2.75) is 78.2 Å². The first-order valence-corrected chi connectivity index (χ1v) is 12.3. The van der Waals surface area contributed by atoms with Gasteiger partial charge in [-0.05, 0) is 45.4 Å². The number of carbonyl (C=O) groups is 3. The van der Waals surface area contributed by atoms with Crippen LogP contribution in [-0.2, 0) is 28.4 Å². The summed E-state index contributed by atoms with van der Waals surface area (Å²) in [5.74, 6) is -0.911. The summed E-state index contributed by atoms with van der Waals surface area (Å²) in [6.45, 7) is 12.8. The molecule has 0 aromatic rings. The molecule has 10 nitrogen and oxygen atoms in total. The SMILES string of the molecule is CC(C)(C)OC(=O)NCCOCCCOCC(=O)NC(C(=O)N1CCCC1P=O)C(C)(C)C. The first-order valence-electron chi connectivity index (χ1n) is 11.4. The van der Waals surface area contributed by atoms with Crippen LogP contribution in [0.25, 0.3) is 0 Å². The van der Waals surface area contributed by atoms with Crippen molar-refractivity contribution >= 4 is 26.4 Å². The highest BCUT2D eigenvalue weighted by molar-refractivity contribution is 7.24. The van der Waals surface area contributed by atoms with E-state index in [9.17, 15) is 18.9 Å². The third-order valence-electron chi connectivity index (χ3n) is 4.77. The van der Waals surface area contributed by atoms with Crippen LogP contribution in [0.4, 0.5) is 4.79 Å². The summed E-state index contributed by atoms with van der Waals surface area (Å²) in [6, 6.07) is -0.725. The number of likely N-dealkylation sites (tertiary alicyclic amines) is 1. The molecular weight excluding hydrogens is 449 g/mol. The molecule has 2 atom stereocenters. The molecule has 190 valence electrons. The fraction of sp³-hybridized carbons (Fsp3) is 0.864. The lowest BCUT2D eigenvalue weighted by Gasteiger charge is -2.34. The Morgan fingerprint density at radius 1 is 1.06 bits per heavy atom. The molecule has 2 N–H and O–H groups in total. The van der Waals surface area contributed by atoms with Gasteiger partial charge in [-0.15, -0.1) is 0 Å². The number of hydrogen-bond acceptors (Lipinski definition) is 7. The first kappa shape index (κ1) is 29.3. The van der Waals surface area contributed by atoms with Crippen LogP contribution in [0.5, 0.6) is 0 Å². The van der Waals surface area contributed by atoms with Gasteiger partial charge in [0.25, 0.3) is 0 Å². The third kappa shape index (κ3) is 11.8. The van der Waals surface area contributed by atoms with Gasteiger partial charge in [0.1, 0.15) is 24.0 Å². The fourth-order valence-corrected chi connectivity index (χ4v) is 3.83. The van der Waals surface area contributed by atoms with E-state index in [1.54, 1.807) is 25.7 Å². The van der Waals surface area contributed by atoms with Gasteiger partial charge < -0.3 is 29.7 Å². The minimum absolute atomic E-state index is 0.0723. The lowest BCUT2D eigenvalue weighted by atomic mass is 9.85. The number of alkyl carbamates (subject to hydrolysis) is 1. The third-order valence-corrected chi connectivity index (χ3v) is 5.55. The number of amides is 3. The molecule has 0 spiro atoms. The van der Waals surface area contributed by atoms with E-state index in [1.807, 2.05) is 20.8 Å². The molecule has 0 saturated carbocycles. The van der Waals surface area contributed by atoms with Gasteiger partial charge in [-0.25, -0.2) is 4.79 Å². The molecule has 1 fully saturated rings. The van der Waals surface area contributed by atoms with E-state index in [0.29, 0.717) is 45.8 Å². The Balaban J connectivity index is 2.24. The predicted octanol–water partition coefficient (Wildman–Crippen LogP) is 2.71. The maximum Gasteiger partial charge on any atom is 0.407 e. The van der Waals surface area contributed by atoms with E-state index in [1.165, 1.54) is 0 Å². The molecule has 0 aromatic carbocycles. The molecule has 0 aliphatic carbocycles. The van der Waals surface area contributed by atoms with Crippen LogP contribution in [0.3, 0.4) is 0 Å². The molecule has 0 radical (unpaired) electrons. The maximum atomic E-state index is 13.0. The van der Waals surface area contributed by atoms with Gasteiger partial charge in [0.2, 0.25) is 11.8 Å². The van der Waals surface area contributed by atoms with Crippen LogP contribution in [0.2, 0.25) is 0 Å². The van der Waals surface area contributed by atoms with Crippen molar-refractivity contribution in [1.82, 2.24) is 15.5 Å². The summed E-state index contributed by atoms with van der Waals surface area (Å²) in [6.07, 6.45) is 1.60. The molecule has 2 unspecified atom stereocenters. The van der Waals surface area contributed by atoms with Crippen molar-refractivity contribution in [2.75, 3.05) is 39.5 Å². The van der Waals surface area contributed by atoms with Crippen molar-refractivity contribution in [3.63, 3.8) is 0 Å². The minimum Gasteiger partial charge on any atom is -0.444 e. The minimum atomic E-state index is -0.725. The number of ether oxygens (including phenoxy) is 3. The monoisotopic (exact) mass is 489 g/mol. The molecular formula is C22H40N3O7P. The number of nitrogens with zero attached hydrogens (tertiary/aromatic N) is 1. The zero-order valence-electron chi connectivity index (χ0n) is 20.8. The summed E-state index contributed by atoms with van der Waals surface area (Å²) in [5, 5.41) is 5.38. The van der Waals surface area contributed by atoms with Crippen LogP contribution in [0, 0.1) is 5.41 Å². The Hall–Kier alpha value is -1.77. The second-order valence-electron chi connectivity index (χ2n) is 10.1. The fourth-order valence-electron chi connectivity index (χ4n) is 3.20. The van der Waals surface area contributed by atoms with Crippen molar-refractivity contribution in [1.29, 1.82) is 0 Å². The van der Waals surface area contributed by atoms with Gasteiger partial charge in [0, 0.05) is 26.3 Å². The average molecular weight is 490 g/mol. The molecule has 0 aromatic heterocycles. The Morgan fingerprint density at radius 2 is 1.73 bits per heavy atom. The topological polar surface area (TPSA) is 123 Å². The largest absolute Gasteiger partial charge is 0.444 e. The Labute approximate surface area is 198 Å². The molecule has 1 aliphatic rings. The molecule has 11 heteroatoms. The Kier molecular flexibility index (Phi) is 12.3. The highest BCUT2D eigenvalue weighted by Gasteiger charge is 2.39. The maximum absolute atomic E-state index is 13.0. The van der Waals surface area contributed by atoms with Crippen molar-refractivity contribution in [3.8, 4) is 0 Å². The number of rotatable bonds is 12. The summed E-state index contributed by atoms with van der Waals surface area (Å²) in [5.41, 5.74) is -1.04. The van der Waals surface area contributed by atoms with E-state index < -0.39 is 23.2 Å². The summed E-state index contributed by atoms with van der Waals surface area (Å²) in [7, 11) is -0.0723. The summed E-state index contributed by atoms with van der Waals surface area (Å²) < 4.78 is 27.3. The van der Waals surface area contributed by atoms with E-state index in [4.69, 9.17) is 14.2 Å². The van der Waals surface area contributed by atoms with Gasteiger partial charge in [-0.1, -0.05) is 20.8 Å². The second kappa shape index (κ2) is 13.8. The molecule has 33 heavy (non-hydrogen) atoms. The Bertz CT molecular complexity index is 661. The van der Waals surface area contributed by atoms with Crippen LogP contribution in [0.15, 0.2) is 0 Å². The predicted molar refractivity (Wildman–Crippen MR) is 124 cm³/mol. The van der Waals surface area contributed by atoms with Crippen LogP contribution in [-0.4, -0.2) is 79.8 Å². The van der Waals surface area contributed by atoms with Crippen LogP contribution < -0.4 is 10.6 Å². The zero-order chi connectivity index (χ0) is 25.1. The van der Waals surface area contributed by atoms with Gasteiger partial charge in [0.05, 0.1) is 6.61 Å². The van der Waals surface area contributed by atoms with Crippen molar-refractivity contribution in [2.24, 2.45) is 5.41 Å². The molecule has 1 rings (SSSR count). The smallest absolute Gasteiger partial charge is 0.407 e. The van der Waals surface area contributed by atoms with Gasteiger partial charge >= 0.3 is 6.09 Å². The first-order chi connectivity index (χ1) is 15.3. The van der Waals surface area contributed by atoms with Gasteiger partial charge in [-0.3, -0.25) is 14.2 Å². The molecule has 1 aliphatic heterocycles. The highest BCUT2D eigenvalue weighted by Crippen LogP contribution is 2.29. The average Bonchev–Trinajstić information content (AvgIpc) is 3.17. The lowest BCUT2D eigenvalue weighted by Crippen LogP contribution is -2.55. The van der Waals surface area contributed by atoms with E-state index in [0.717, 1.165) is 6.42 Å². The normalized spacial score (nSPS) is 17.6. The van der Waals surface area contributed by atoms with Crippen LogP contribution >= 0.6 is 8.46 Å².